The number of phenols is 1. The maximum atomic E-state index is 11.0. The number of benzene rings is 1. The Labute approximate surface area is 147 Å². The molecule has 3 nitrogen and oxygen atoms in total. The fraction of sp³-hybridized carbons (Fsp3) is 0.667. The first-order valence-electron chi connectivity index (χ1n) is 9.13. The molecule has 0 heterocycles. The molecule has 0 spiro atoms. The molecule has 136 valence electrons. The lowest BCUT2D eigenvalue weighted by Crippen LogP contribution is -2.22. The quantitative estimate of drug-likeness (QED) is 0.621. The molecule has 3 heteroatoms. The van der Waals surface area contributed by atoms with Gasteiger partial charge < -0.3 is 10.2 Å². The maximum Gasteiger partial charge on any atom is 0.303 e. The van der Waals surface area contributed by atoms with Crippen LogP contribution in [-0.2, 0) is 22.0 Å². The van der Waals surface area contributed by atoms with Gasteiger partial charge in [-0.1, -0.05) is 66.5 Å². The van der Waals surface area contributed by atoms with E-state index < -0.39 is 5.97 Å². The van der Waals surface area contributed by atoms with Crippen molar-refractivity contribution in [1.82, 2.24) is 0 Å². The minimum atomic E-state index is -0.785. The molecular formula is C21H34O3. The molecular weight excluding hydrogens is 300 g/mol. The van der Waals surface area contributed by atoms with Crippen LogP contribution in [-0.4, -0.2) is 16.2 Å². The van der Waals surface area contributed by atoms with Gasteiger partial charge in [0.2, 0.25) is 0 Å². The van der Waals surface area contributed by atoms with Gasteiger partial charge in [-0.05, 0) is 35.7 Å². The first-order chi connectivity index (χ1) is 11.0. The van der Waals surface area contributed by atoms with Crippen molar-refractivity contribution < 1.29 is 15.0 Å². The molecule has 0 fully saturated rings. The maximum absolute atomic E-state index is 11.0. The van der Waals surface area contributed by atoms with Crippen molar-refractivity contribution in [2.45, 2.75) is 90.9 Å². The van der Waals surface area contributed by atoms with Crippen LogP contribution < -0.4 is 0 Å². The molecule has 24 heavy (non-hydrogen) atoms. The Morgan fingerprint density at radius 3 is 1.71 bits per heavy atom. The van der Waals surface area contributed by atoms with Crippen molar-refractivity contribution in [3.8, 4) is 5.75 Å². The first kappa shape index (κ1) is 20.5. The molecule has 0 amide bonds. The van der Waals surface area contributed by atoms with Crippen LogP contribution in [0.15, 0.2) is 12.1 Å². The lowest BCUT2D eigenvalue weighted by atomic mass is 9.73. The summed E-state index contributed by atoms with van der Waals surface area (Å²) in [5, 5.41) is 20.0. The van der Waals surface area contributed by atoms with Crippen LogP contribution in [0.25, 0.3) is 0 Å². The second-order valence-electron chi connectivity index (χ2n) is 8.20. The van der Waals surface area contributed by atoms with Crippen molar-refractivity contribution in [3.63, 3.8) is 0 Å². The van der Waals surface area contributed by atoms with Crippen LogP contribution in [0.3, 0.4) is 0 Å². The van der Waals surface area contributed by atoms with Crippen LogP contribution in [0.5, 0.6) is 5.75 Å². The largest absolute Gasteiger partial charge is 0.507 e. The number of aryl methyl sites for hydroxylation is 1. The zero-order valence-electron chi connectivity index (χ0n) is 16.2. The van der Waals surface area contributed by atoms with E-state index in [2.05, 4.69) is 41.5 Å². The van der Waals surface area contributed by atoms with Crippen molar-refractivity contribution in [2.24, 2.45) is 0 Å². The lowest BCUT2D eigenvalue weighted by Gasteiger charge is -2.32. The monoisotopic (exact) mass is 334 g/mol. The van der Waals surface area contributed by atoms with E-state index >= 15 is 0 Å². The fourth-order valence-corrected chi connectivity index (χ4v) is 3.64. The number of carboxylic acid groups (broad SMARTS) is 1. The average Bonchev–Trinajstić information content (AvgIpc) is 2.45. The molecule has 0 radical (unpaired) electrons. The zero-order valence-corrected chi connectivity index (χ0v) is 16.2. The topological polar surface area (TPSA) is 57.5 Å². The van der Waals surface area contributed by atoms with Gasteiger partial charge in [-0.15, -0.1) is 0 Å². The second kappa shape index (κ2) is 8.04. The van der Waals surface area contributed by atoms with Gasteiger partial charge in [-0.3, -0.25) is 4.79 Å². The molecule has 0 aromatic heterocycles. The van der Waals surface area contributed by atoms with Gasteiger partial charge in [0.15, 0.2) is 0 Å². The summed E-state index contributed by atoms with van der Waals surface area (Å²) in [5.41, 5.74) is 2.65. The Morgan fingerprint density at radius 2 is 1.38 bits per heavy atom. The van der Waals surface area contributed by atoms with E-state index in [1.165, 1.54) is 0 Å². The number of phenolic OH excluding ortho intramolecular Hbond substituents is 1. The molecule has 0 bridgehead atoms. The zero-order chi connectivity index (χ0) is 18.5. The molecule has 0 saturated heterocycles. The van der Waals surface area contributed by atoms with E-state index in [4.69, 9.17) is 5.11 Å². The Hall–Kier alpha value is -1.51. The third kappa shape index (κ3) is 4.99. The molecule has 0 unspecified atom stereocenters. The number of hydrogen-bond acceptors (Lipinski definition) is 2. The van der Waals surface area contributed by atoms with Gasteiger partial charge in [0.25, 0.3) is 0 Å². The van der Waals surface area contributed by atoms with Gasteiger partial charge in [0.05, 0.1) is 0 Å². The highest BCUT2D eigenvalue weighted by Gasteiger charge is 2.30. The van der Waals surface area contributed by atoms with Crippen LogP contribution in [0.2, 0.25) is 0 Å². The Kier molecular flexibility index (Phi) is 6.88. The molecule has 0 aliphatic rings. The van der Waals surface area contributed by atoms with Crippen molar-refractivity contribution >= 4 is 5.97 Å². The van der Waals surface area contributed by atoms with E-state index in [-0.39, 0.29) is 17.3 Å². The molecule has 1 rings (SSSR count). The highest BCUT2D eigenvalue weighted by Crippen LogP contribution is 2.43. The third-order valence-corrected chi connectivity index (χ3v) is 5.01. The van der Waals surface area contributed by atoms with E-state index in [1.807, 2.05) is 12.1 Å². The molecule has 1 aromatic carbocycles. The van der Waals surface area contributed by atoms with Gasteiger partial charge in [-0.2, -0.15) is 0 Å². The summed E-state index contributed by atoms with van der Waals surface area (Å²) in [6, 6.07) is 4.03. The molecule has 0 atom stereocenters. The number of rotatable bonds is 9. The highest BCUT2D eigenvalue weighted by molar-refractivity contribution is 5.67. The highest BCUT2D eigenvalue weighted by atomic mass is 16.4. The third-order valence-electron chi connectivity index (χ3n) is 5.01. The lowest BCUT2D eigenvalue weighted by molar-refractivity contribution is -0.136. The summed E-state index contributed by atoms with van der Waals surface area (Å²) in [7, 11) is 0. The van der Waals surface area contributed by atoms with E-state index in [0.29, 0.717) is 12.2 Å². The SMILES string of the molecule is CCCC(C)(C)c1cc(CCC(=O)O)cc(C(C)(C)CCC)c1O. The van der Waals surface area contributed by atoms with Crippen LogP contribution in [0.4, 0.5) is 0 Å². The van der Waals surface area contributed by atoms with Gasteiger partial charge >= 0.3 is 5.97 Å². The van der Waals surface area contributed by atoms with Crippen LogP contribution in [0.1, 0.15) is 90.3 Å². The standard InChI is InChI=1S/C21H34O3/c1-7-11-20(3,4)16-13-15(9-10-18(22)23)14-17(19(16)24)21(5,6)12-8-2/h13-14,24H,7-12H2,1-6H3,(H,22,23). The van der Waals surface area contributed by atoms with Gasteiger partial charge in [0, 0.05) is 17.5 Å². The van der Waals surface area contributed by atoms with Gasteiger partial charge in [-0.25, -0.2) is 0 Å². The van der Waals surface area contributed by atoms with Crippen molar-refractivity contribution in [2.75, 3.05) is 0 Å². The number of carbonyl (C=O) groups is 1. The molecule has 2 N–H and O–H groups in total. The van der Waals surface area contributed by atoms with Crippen molar-refractivity contribution in [3.05, 3.63) is 28.8 Å². The van der Waals surface area contributed by atoms with Crippen LogP contribution >= 0.6 is 0 Å². The first-order valence-corrected chi connectivity index (χ1v) is 9.13. The van der Waals surface area contributed by atoms with Crippen LogP contribution in [0, 0.1) is 0 Å². The minimum Gasteiger partial charge on any atom is -0.507 e. The summed E-state index contributed by atoms with van der Waals surface area (Å²) < 4.78 is 0. The van der Waals surface area contributed by atoms with E-state index in [0.717, 1.165) is 42.4 Å². The molecule has 1 aromatic rings. The number of aromatic hydroxyl groups is 1. The Balaban J connectivity index is 3.46. The predicted octanol–water partition coefficient (Wildman–Crippen LogP) is 5.56. The second-order valence-corrected chi connectivity index (χ2v) is 8.20. The Morgan fingerprint density at radius 1 is 0.958 bits per heavy atom. The van der Waals surface area contributed by atoms with Crippen molar-refractivity contribution in [1.29, 1.82) is 0 Å². The summed E-state index contributed by atoms with van der Waals surface area (Å²) in [6.45, 7) is 12.9. The van der Waals surface area contributed by atoms with E-state index in [9.17, 15) is 9.90 Å². The molecule has 0 aliphatic heterocycles. The number of carboxylic acids is 1. The normalized spacial score (nSPS) is 12.4. The summed E-state index contributed by atoms with van der Waals surface area (Å²) in [5.74, 6) is -0.391. The predicted molar refractivity (Wildman–Crippen MR) is 99.9 cm³/mol. The van der Waals surface area contributed by atoms with Gasteiger partial charge in [0.1, 0.15) is 5.75 Å². The Bertz CT molecular complexity index is 531. The summed E-state index contributed by atoms with van der Waals surface area (Å²) in [6.07, 6.45) is 4.66. The summed E-state index contributed by atoms with van der Waals surface area (Å²) >= 11 is 0. The summed E-state index contributed by atoms with van der Waals surface area (Å²) in [4.78, 5) is 11.0. The minimum absolute atomic E-state index is 0.117. The molecule has 0 aliphatic carbocycles. The molecule has 0 saturated carbocycles. The number of aliphatic carboxylic acids is 1. The average molecular weight is 335 g/mol. The number of hydrogen-bond donors (Lipinski definition) is 2. The smallest absolute Gasteiger partial charge is 0.303 e. The van der Waals surface area contributed by atoms with E-state index in [1.54, 1.807) is 0 Å². The fourth-order valence-electron chi connectivity index (χ4n) is 3.64.